The van der Waals surface area contributed by atoms with E-state index in [9.17, 15) is 0 Å². The van der Waals surface area contributed by atoms with Crippen molar-refractivity contribution in [3.05, 3.63) is 36.9 Å². The van der Waals surface area contributed by atoms with Gasteiger partial charge in [-0.3, -0.25) is 0 Å². The van der Waals surface area contributed by atoms with Crippen LogP contribution in [0.2, 0.25) is 0 Å². The fourth-order valence-corrected chi connectivity index (χ4v) is 2.05. The summed E-state index contributed by atoms with van der Waals surface area (Å²) in [6.07, 6.45) is 7.85. The average molecular weight is 274 g/mol. The van der Waals surface area contributed by atoms with E-state index in [4.69, 9.17) is 10.5 Å². The Morgan fingerprint density at radius 1 is 1.30 bits per heavy atom. The fraction of sp³-hybridized carbons (Fsp3) is 0.400. The van der Waals surface area contributed by atoms with E-state index < -0.39 is 0 Å². The first-order valence-electron chi connectivity index (χ1n) is 7.01. The number of hydrogen-bond donors (Lipinski definition) is 2. The third-order valence-corrected chi connectivity index (χ3v) is 2.97. The van der Waals surface area contributed by atoms with Crippen LogP contribution in [0.5, 0.6) is 5.75 Å². The maximum atomic E-state index is 5.85. The Labute approximate surface area is 119 Å². The molecule has 0 aliphatic rings. The predicted molar refractivity (Wildman–Crippen MR) is 82.0 cm³/mol. The fourth-order valence-electron chi connectivity index (χ4n) is 2.05. The lowest BCUT2D eigenvalue weighted by molar-refractivity contribution is 0.340. The molecule has 0 saturated heterocycles. The van der Waals surface area contributed by atoms with Gasteiger partial charge in [0.2, 0.25) is 0 Å². The molecule has 0 unspecified atom stereocenters. The Hall–Kier alpha value is -2.17. The lowest BCUT2D eigenvalue weighted by Crippen LogP contribution is -2.04. The van der Waals surface area contributed by atoms with Gasteiger partial charge in [-0.2, -0.15) is 0 Å². The normalized spacial score (nSPS) is 10.4. The molecule has 20 heavy (non-hydrogen) atoms. The molecule has 5 heteroatoms. The highest BCUT2D eigenvalue weighted by molar-refractivity contribution is 5.59. The number of unbranched alkanes of at least 4 members (excludes halogenated alkanes) is 1. The summed E-state index contributed by atoms with van der Waals surface area (Å²) in [6.45, 7) is 4.53. The van der Waals surface area contributed by atoms with Gasteiger partial charge in [0, 0.05) is 49.0 Å². The second-order valence-corrected chi connectivity index (χ2v) is 4.66. The third kappa shape index (κ3) is 4.50. The van der Waals surface area contributed by atoms with Crippen molar-refractivity contribution in [3.8, 4) is 5.75 Å². The molecule has 108 valence electrons. The predicted octanol–water partition coefficient (Wildman–Crippen LogP) is 2.76. The second kappa shape index (κ2) is 7.43. The number of aryl methyl sites for hydroxylation is 1. The van der Waals surface area contributed by atoms with Crippen LogP contribution in [0.4, 0.5) is 11.4 Å². The summed E-state index contributed by atoms with van der Waals surface area (Å²) in [4.78, 5) is 4.03. The molecule has 2 rings (SSSR count). The quantitative estimate of drug-likeness (QED) is 0.574. The summed E-state index contributed by atoms with van der Waals surface area (Å²) in [5.74, 6) is 0.813. The van der Waals surface area contributed by atoms with E-state index >= 15 is 0 Å². The van der Waals surface area contributed by atoms with Crippen LogP contribution in [0, 0.1) is 0 Å². The lowest BCUT2D eigenvalue weighted by atomic mass is 10.2. The van der Waals surface area contributed by atoms with Gasteiger partial charge in [0.15, 0.2) is 0 Å². The van der Waals surface area contributed by atoms with Crippen molar-refractivity contribution in [2.45, 2.75) is 26.3 Å². The van der Waals surface area contributed by atoms with Gasteiger partial charge in [-0.15, -0.1) is 0 Å². The summed E-state index contributed by atoms with van der Waals surface area (Å²) in [5.41, 5.74) is 7.58. The van der Waals surface area contributed by atoms with Crippen LogP contribution < -0.4 is 15.8 Å². The number of nitrogens with one attached hydrogen (secondary N) is 1. The van der Waals surface area contributed by atoms with Gasteiger partial charge in [-0.25, -0.2) is 4.98 Å². The van der Waals surface area contributed by atoms with Crippen LogP contribution in [-0.4, -0.2) is 22.7 Å². The second-order valence-electron chi connectivity index (χ2n) is 4.66. The van der Waals surface area contributed by atoms with Crippen molar-refractivity contribution in [1.29, 1.82) is 0 Å². The summed E-state index contributed by atoms with van der Waals surface area (Å²) in [7, 11) is 0. The molecule has 2 aromatic rings. The molecule has 0 fully saturated rings. The van der Waals surface area contributed by atoms with Crippen LogP contribution in [0.25, 0.3) is 0 Å². The van der Waals surface area contributed by atoms with Crippen molar-refractivity contribution in [3.63, 3.8) is 0 Å². The highest BCUT2D eigenvalue weighted by Gasteiger charge is 1.99. The Morgan fingerprint density at radius 3 is 2.95 bits per heavy atom. The number of hydrogen-bond acceptors (Lipinski definition) is 4. The van der Waals surface area contributed by atoms with E-state index in [1.54, 1.807) is 6.20 Å². The molecule has 0 aliphatic heterocycles. The summed E-state index contributed by atoms with van der Waals surface area (Å²) in [5, 5.41) is 3.38. The smallest absolute Gasteiger partial charge is 0.123 e. The molecule has 0 amide bonds. The number of ether oxygens (including phenoxy) is 1. The molecule has 0 atom stereocenters. The van der Waals surface area contributed by atoms with Crippen molar-refractivity contribution >= 4 is 11.4 Å². The molecule has 3 N–H and O–H groups in total. The van der Waals surface area contributed by atoms with Crippen LogP contribution in [0.1, 0.15) is 19.8 Å². The maximum Gasteiger partial charge on any atom is 0.123 e. The first-order chi connectivity index (χ1) is 9.78. The van der Waals surface area contributed by atoms with Gasteiger partial charge in [0.05, 0.1) is 12.9 Å². The highest BCUT2D eigenvalue weighted by Crippen LogP contribution is 2.22. The molecule has 5 nitrogen and oxygen atoms in total. The van der Waals surface area contributed by atoms with E-state index in [1.807, 2.05) is 37.6 Å². The SMILES string of the molecule is CCOc1cc(N)cc(NCCCCn2ccnc2)c1. The number of nitrogens with two attached hydrogens (primary N) is 1. The van der Waals surface area contributed by atoms with Gasteiger partial charge in [-0.05, 0) is 25.8 Å². The van der Waals surface area contributed by atoms with Crippen molar-refractivity contribution < 1.29 is 4.74 Å². The van der Waals surface area contributed by atoms with Gasteiger partial charge in [-0.1, -0.05) is 0 Å². The topological polar surface area (TPSA) is 65.1 Å². The first-order valence-corrected chi connectivity index (χ1v) is 7.01. The number of imidazole rings is 1. The number of benzene rings is 1. The van der Waals surface area contributed by atoms with E-state index in [-0.39, 0.29) is 0 Å². The summed E-state index contributed by atoms with van der Waals surface area (Å²) < 4.78 is 7.56. The Kier molecular flexibility index (Phi) is 5.29. The zero-order valence-electron chi connectivity index (χ0n) is 11.9. The molecule has 0 spiro atoms. The highest BCUT2D eigenvalue weighted by atomic mass is 16.5. The van der Waals surface area contributed by atoms with E-state index in [0.29, 0.717) is 6.61 Å². The molecule has 0 aliphatic carbocycles. The largest absolute Gasteiger partial charge is 0.494 e. The Bertz CT molecular complexity index is 511. The van der Waals surface area contributed by atoms with Crippen molar-refractivity contribution in [1.82, 2.24) is 9.55 Å². The third-order valence-electron chi connectivity index (χ3n) is 2.97. The zero-order chi connectivity index (χ0) is 14.2. The lowest BCUT2D eigenvalue weighted by Gasteiger charge is -2.10. The minimum Gasteiger partial charge on any atom is -0.494 e. The van der Waals surface area contributed by atoms with E-state index in [0.717, 1.165) is 43.1 Å². The van der Waals surface area contributed by atoms with E-state index in [2.05, 4.69) is 14.9 Å². The standard InChI is InChI=1S/C15H22N4O/c1-2-20-15-10-13(16)9-14(11-15)18-5-3-4-7-19-8-6-17-12-19/h6,8-12,18H,2-5,7,16H2,1H3. The van der Waals surface area contributed by atoms with Gasteiger partial charge >= 0.3 is 0 Å². The molecule has 1 aromatic heterocycles. The van der Waals surface area contributed by atoms with Crippen LogP contribution in [0.3, 0.4) is 0 Å². The molecule has 1 heterocycles. The van der Waals surface area contributed by atoms with E-state index in [1.165, 1.54) is 0 Å². The summed E-state index contributed by atoms with van der Waals surface area (Å²) in [6, 6.07) is 5.75. The van der Waals surface area contributed by atoms with Crippen LogP contribution in [0.15, 0.2) is 36.9 Å². The van der Waals surface area contributed by atoms with Gasteiger partial charge in [0.1, 0.15) is 5.75 Å². The molecule has 0 bridgehead atoms. The number of nitrogens with zero attached hydrogens (tertiary/aromatic N) is 2. The number of anilines is 2. The maximum absolute atomic E-state index is 5.85. The Balaban J connectivity index is 1.73. The van der Waals surface area contributed by atoms with Crippen molar-refractivity contribution in [2.75, 3.05) is 24.2 Å². The molecule has 0 radical (unpaired) electrons. The molecule has 1 aromatic carbocycles. The Morgan fingerprint density at radius 2 is 2.20 bits per heavy atom. The van der Waals surface area contributed by atoms with Gasteiger partial charge in [0.25, 0.3) is 0 Å². The number of aromatic nitrogens is 2. The number of nitrogen functional groups attached to an aromatic ring is 1. The van der Waals surface area contributed by atoms with Crippen molar-refractivity contribution in [2.24, 2.45) is 0 Å². The molecular weight excluding hydrogens is 252 g/mol. The van der Waals surface area contributed by atoms with Gasteiger partial charge < -0.3 is 20.4 Å². The van der Waals surface area contributed by atoms with Crippen LogP contribution >= 0.6 is 0 Å². The number of rotatable bonds is 8. The average Bonchev–Trinajstić information content (AvgIpc) is 2.91. The van der Waals surface area contributed by atoms with Crippen LogP contribution in [-0.2, 0) is 6.54 Å². The minimum absolute atomic E-state index is 0.647. The molecule has 0 saturated carbocycles. The molecular formula is C15H22N4O. The minimum atomic E-state index is 0.647. The first kappa shape index (κ1) is 14.2. The summed E-state index contributed by atoms with van der Waals surface area (Å²) >= 11 is 0. The monoisotopic (exact) mass is 274 g/mol. The zero-order valence-corrected chi connectivity index (χ0v) is 11.9.